The molecule has 1 N–H and O–H groups in total. The average molecular weight is 418 g/mol. The third-order valence-electron chi connectivity index (χ3n) is 4.64. The Morgan fingerprint density at radius 3 is 2.06 bits per heavy atom. The molecule has 3 aromatic rings. The molecule has 0 aromatic heterocycles. The van der Waals surface area contributed by atoms with Gasteiger partial charge in [-0.05, 0) is 41.8 Å². The van der Waals surface area contributed by atoms with Crippen LogP contribution in [0.3, 0.4) is 0 Å². The molecule has 0 radical (unpaired) electrons. The Morgan fingerprint density at radius 1 is 0.839 bits per heavy atom. The highest BCUT2D eigenvalue weighted by molar-refractivity contribution is 6.01. The van der Waals surface area contributed by atoms with Gasteiger partial charge < -0.3 is 19.4 Å². The highest BCUT2D eigenvalue weighted by Crippen LogP contribution is 2.18. The highest BCUT2D eigenvalue weighted by atomic mass is 16.6. The summed E-state index contributed by atoms with van der Waals surface area (Å²) in [6, 6.07) is 25.5. The second-order valence-corrected chi connectivity index (χ2v) is 7.02. The summed E-state index contributed by atoms with van der Waals surface area (Å²) in [7, 11) is 1.53. The van der Waals surface area contributed by atoms with Gasteiger partial charge in [-0.1, -0.05) is 66.3 Å². The van der Waals surface area contributed by atoms with E-state index in [9.17, 15) is 5.11 Å². The lowest BCUT2D eigenvalue weighted by Gasteiger charge is -2.10. The molecule has 0 aliphatic rings. The van der Waals surface area contributed by atoms with Gasteiger partial charge in [0.2, 0.25) is 0 Å². The minimum atomic E-state index is 0.204. The maximum Gasteiger partial charge on any atom is 0.134 e. The van der Waals surface area contributed by atoms with E-state index >= 15 is 0 Å². The number of benzene rings is 3. The number of nitrogens with zero attached hydrogens (tertiary/aromatic N) is 1. The van der Waals surface area contributed by atoms with E-state index in [1.807, 2.05) is 78.9 Å². The van der Waals surface area contributed by atoms with Crippen molar-refractivity contribution >= 4 is 5.71 Å². The normalized spacial score (nSPS) is 11.1. The Labute approximate surface area is 183 Å². The second kappa shape index (κ2) is 11.5. The van der Waals surface area contributed by atoms with E-state index in [0.29, 0.717) is 19.6 Å². The van der Waals surface area contributed by atoms with Crippen LogP contribution in [0.1, 0.15) is 23.1 Å². The lowest BCUT2D eigenvalue weighted by atomic mass is 10.1. The lowest BCUT2D eigenvalue weighted by molar-refractivity contribution is 0.210. The van der Waals surface area contributed by atoms with Gasteiger partial charge in [-0.25, -0.2) is 0 Å². The van der Waals surface area contributed by atoms with Crippen LogP contribution in [-0.2, 0) is 17.9 Å². The molecule has 0 heterocycles. The topological polar surface area (TPSA) is 60.3 Å². The number of oxime groups is 1. The Bertz CT molecular complexity index is 980. The summed E-state index contributed by atoms with van der Waals surface area (Å²) >= 11 is 0. The maximum atomic E-state index is 9.20. The second-order valence-electron chi connectivity index (χ2n) is 7.02. The first-order valence-electron chi connectivity index (χ1n) is 10.1. The van der Waals surface area contributed by atoms with Crippen molar-refractivity contribution in [2.45, 2.75) is 19.4 Å². The average Bonchev–Trinajstić information content (AvgIpc) is 2.81. The summed E-state index contributed by atoms with van der Waals surface area (Å²) in [5, 5.41) is 13.3. The maximum absolute atomic E-state index is 9.20. The molecule has 3 rings (SSSR count). The van der Waals surface area contributed by atoms with Crippen LogP contribution in [0.25, 0.3) is 0 Å². The van der Waals surface area contributed by atoms with E-state index in [-0.39, 0.29) is 5.76 Å². The minimum absolute atomic E-state index is 0.204. The van der Waals surface area contributed by atoms with Crippen LogP contribution in [-0.4, -0.2) is 24.5 Å². The number of aliphatic hydroxyl groups excluding tert-OH is 1. The monoisotopic (exact) mass is 417 g/mol. The number of allylic oxidation sites excluding steroid dienone is 1. The number of rotatable bonds is 11. The highest BCUT2D eigenvalue weighted by Gasteiger charge is 2.06. The first-order valence-corrected chi connectivity index (χ1v) is 10.1. The predicted molar refractivity (Wildman–Crippen MR) is 123 cm³/mol. The van der Waals surface area contributed by atoms with E-state index < -0.39 is 0 Å². The Morgan fingerprint density at radius 2 is 1.45 bits per heavy atom. The molecular formula is C26H27NO4. The van der Waals surface area contributed by atoms with Crippen molar-refractivity contribution in [1.82, 2.24) is 0 Å². The molecule has 0 bridgehead atoms. The molecule has 0 aliphatic heterocycles. The van der Waals surface area contributed by atoms with E-state index in [2.05, 4.69) is 11.7 Å². The van der Waals surface area contributed by atoms with Gasteiger partial charge in [0.15, 0.2) is 0 Å². The molecule has 0 spiro atoms. The van der Waals surface area contributed by atoms with Crippen LogP contribution in [0.5, 0.6) is 11.5 Å². The van der Waals surface area contributed by atoms with Crippen LogP contribution < -0.4 is 9.47 Å². The van der Waals surface area contributed by atoms with Gasteiger partial charge in [-0.15, -0.1) is 0 Å². The molecule has 0 atom stereocenters. The molecule has 0 unspecified atom stereocenters. The lowest BCUT2D eigenvalue weighted by Crippen LogP contribution is -2.13. The molecule has 0 aliphatic carbocycles. The Kier molecular flexibility index (Phi) is 8.12. The minimum Gasteiger partial charge on any atom is -0.513 e. The number of hydrogen-bond acceptors (Lipinski definition) is 5. The largest absolute Gasteiger partial charge is 0.513 e. The van der Waals surface area contributed by atoms with Crippen LogP contribution >= 0.6 is 0 Å². The molecule has 0 amide bonds. The van der Waals surface area contributed by atoms with Crippen LogP contribution in [0.2, 0.25) is 0 Å². The summed E-state index contributed by atoms with van der Waals surface area (Å²) in [6.45, 7) is 4.28. The van der Waals surface area contributed by atoms with Crippen molar-refractivity contribution in [2.24, 2.45) is 5.16 Å². The SMILES string of the molecule is C=C(O)CCc1ccc(OCc2ccc(OC/C(=N/OC)c3ccccc3)cc2)cc1. The number of hydrogen-bond donors (Lipinski definition) is 1. The predicted octanol–water partition coefficient (Wildman–Crippen LogP) is 5.70. The van der Waals surface area contributed by atoms with Gasteiger partial charge in [0, 0.05) is 12.0 Å². The zero-order chi connectivity index (χ0) is 21.9. The van der Waals surface area contributed by atoms with Crippen LogP contribution in [0, 0.1) is 0 Å². The van der Waals surface area contributed by atoms with Crippen molar-refractivity contribution in [3.63, 3.8) is 0 Å². The molecule has 0 fully saturated rings. The van der Waals surface area contributed by atoms with Crippen molar-refractivity contribution in [1.29, 1.82) is 0 Å². The number of aryl methyl sites for hydroxylation is 1. The van der Waals surface area contributed by atoms with Gasteiger partial charge in [-0.3, -0.25) is 0 Å². The Balaban J connectivity index is 1.50. The summed E-state index contributed by atoms with van der Waals surface area (Å²) in [5.41, 5.74) is 3.86. The van der Waals surface area contributed by atoms with Gasteiger partial charge in [0.05, 0.1) is 5.76 Å². The molecular weight excluding hydrogens is 390 g/mol. The molecule has 160 valence electrons. The quantitative estimate of drug-likeness (QED) is 0.247. The number of ether oxygens (including phenoxy) is 2. The third kappa shape index (κ3) is 7.23. The molecule has 0 saturated heterocycles. The first kappa shape index (κ1) is 22.0. The Hall–Kier alpha value is -3.73. The fraction of sp³-hybridized carbons (Fsp3) is 0.192. The molecule has 5 heteroatoms. The molecule has 0 saturated carbocycles. The number of aliphatic hydroxyl groups is 1. The van der Waals surface area contributed by atoms with Crippen molar-refractivity contribution in [3.8, 4) is 11.5 Å². The summed E-state index contributed by atoms with van der Waals surface area (Å²) in [6.07, 6.45) is 1.33. The van der Waals surface area contributed by atoms with Gasteiger partial charge in [-0.2, -0.15) is 0 Å². The zero-order valence-corrected chi connectivity index (χ0v) is 17.7. The van der Waals surface area contributed by atoms with Gasteiger partial charge in [0.25, 0.3) is 0 Å². The van der Waals surface area contributed by atoms with E-state index in [1.165, 1.54) is 7.11 Å². The summed E-state index contributed by atoms with van der Waals surface area (Å²) < 4.78 is 11.7. The first-order chi connectivity index (χ1) is 15.1. The van der Waals surface area contributed by atoms with Gasteiger partial charge >= 0.3 is 0 Å². The molecule has 5 nitrogen and oxygen atoms in total. The van der Waals surface area contributed by atoms with Crippen LogP contribution in [0.4, 0.5) is 0 Å². The molecule has 31 heavy (non-hydrogen) atoms. The fourth-order valence-corrected chi connectivity index (χ4v) is 2.94. The summed E-state index contributed by atoms with van der Waals surface area (Å²) in [5.74, 6) is 1.75. The van der Waals surface area contributed by atoms with Crippen LogP contribution in [0.15, 0.2) is 96.4 Å². The van der Waals surface area contributed by atoms with Crippen molar-refractivity contribution in [2.75, 3.05) is 13.7 Å². The van der Waals surface area contributed by atoms with E-state index in [0.717, 1.165) is 40.3 Å². The van der Waals surface area contributed by atoms with E-state index in [1.54, 1.807) is 0 Å². The van der Waals surface area contributed by atoms with Gasteiger partial charge in [0.1, 0.15) is 37.5 Å². The van der Waals surface area contributed by atoms with E-state index in [4.69, 9.17) is 14.3 Å². The fourth-order valence-electron chi connectivity index (χ4n) is 2.94. The van der Waals surface area contributed by atoms with Crippen molar-refractivity contribution in [3.05, 3.63) is 108 Å². The standard InChI is InChI=1S/C26H27NO4/c1-20(28)8-9-21-10-14-24(15-11-21)30-18-22-12-16-25(17-13-22)31-19-26(27-29-2)23-6-4-3-5-7-23/h3-7,10-17,28H,1,8-9,18-19H2,2H3/b27-26-. The third-order valence-corrected chi connectivity index (χ3v) is 4.64. The smallest absolute Gasteiger partial charge is 0.134 e. The summed E-state index contributed by atoms with van der Waals surface area (Å²) in [4.78, 5) is 4.95. The zero-order valence-electron chi connectivity index (χ0n) is 17.7. The van der Waals surface area contributed by atoms with Crippen molar-refractivity contribution < 1.29 is 19.4 Å². The molecule has 3 aromatic carbocycles.